The molecule has 0 fully saturated rings. The van der Waals surface area contributed by atoms with Crippen LogP contribution in [0.15, 0.2) is 18.2 Å². The van der Waals surface area contributed by atoms with Gasteiger partial charge in [0, 0.05) is 19.1 Å². The summed E-state index contributed by atoms with van der Waals surface area (Å²) in [6, 6.07) is 6.19. The second-order valence-corrected chi connectivity index (χ2v) is 5.30. The maximum atomic E-state index is 6.05. The molecule has 0 aliphatic heterocycles. The molecule has 1 rings (SSSR count). The van der Waals surface area contributed by atoms with Gasteiger partial charge in [-0.05, 0) is 37.7 Å². The lowest BCUT2D eigenvalue weighted by Gasteiger charge is -2.20. The predicted molar refractivity (Wildman–Crippen MR) is 80.7 cm³/mol. The molecule has 0 aliphatic carbocycles. The summed E-state index contributed by atoms with van der Waals surface area (Å²) in [4.78, 5) is 2.29. The molecule has 0 spiro atoms. The Morgan fingerprint density at radius 2 is 1.94 bits per heavy atom. The predicted octanol–water partition coefficient (Wildman–Crippen LogP) is 3.99. The van der Waals surface area contributed by atoms with E-state index in [9.17, 15) is 0 Å². The average Bonchev–Trinajstić information content (AvgIpc) is 2.38. The average molecular weight is 289 g/mol. The lowest BCUT2D eigenvalue weighted by atomic mass is 10.0. The van der Waals surface area contributed by atoms with Gasteiger partial charge >= 0.3 is 0 Å². The van der Waals surface area contributed by atoms with Crippen LogP contribution in [-0.2, 0) is 0 Å². The van der Waals surface area contributed by atoms with Crippen LogP contribution in [0.5, 0.6) is 0 Å². The first-order chi connectivity index (χ1) is 8.58. The third-order valence-electron chi connectivity index (χ3n) is 3.18. The lowest BCUT2D eigenvalue weighted by molar-refractivity contribution is 0.338. The van der Waals surface area contributed by atoms with E-state index < -0.39 is 0 Å². The van der Waals surface area contributed by atoms with Gasteiger partial charge in [0.15, 0.2) is 0 Å². The summed E-state index contributed by atoms with van der Waals surface area (Å²) in [6.07, 6.45) is 1.04. The number of nitrogens with zero attached hydrogens (tertiary/aromatic N) is 1. The van der Waals surface area contributed by atoms with Crippen molar-refractivity contribution in [3.8, 4) is 0 Å². The maximum absolute atomic E-state index is 6.05. The molecule has 102 valence electrons. The molecule has 1 N–H and O–H groups in total. The van der Waals surface area contributed by atoms with Gasteiger partial charge in [0.1, 0.15) is 0 Å². The Morgan fingerprint density at radius 1 is 1.22 bits per heavy atom. The van der Waals surface area contributed by atoms with Crippen molar-refractivity contribution in [3.63, 3.8) is 0 Å². The Balaban J connectivity index is 2.57. The summed E-state index contributed by atoms with van der Waals surface area (Å²) in [5.41, 5.74) is 1.20. The minimum Gasteiger partial charge on any atom is -0.309 e. The summed E-state index contributed by atoms with van der Waals surface area (Å²) in [6.45, 7) is 7.43. The SMILES string of the molecule is CCC(NCCN(C)CC)c1ccc(Cl)c(Cl)c1. The van der Waals surface area contributed by atoms with Gasteiger partial charge in [-0.2, -0.15) is 0 Å². The molecule has 0 amide bonds. The van der Waals surface area contributed by atoms with E-state index in [0.717, 1.165) is 26.1 Å². The van der Waals surface area contributed by atoms with Gasteiger partial charge in [-0.15, -0.1) is 0 Å². The Hall–Kier alpha value is -0.280. The van der Waals surface area contributed by atoms with E-state index in [4.69, 9.17) is 23.2 Å². The van der Waals surface area contributed by atoms with E-state index in [1.54, 1.807) is 0 Å². The molecule has 0 saturated heterocycles. The highest BCUT2D eigenvalue weighted by Gasteiger charge is 2.10. The summed E-state index contributed by atoms with van der Waals surface area (Å²) in [5.74, 6) is 0. The fourth-order valence-corrected chi connectivity index (χ4v) is 2.12. The van der Waals surface area contributed by atoms with Gasteiger partial charge in [0.25, 0.3) is 0 Å². The second-order valence-electron chi connectivity index (χ2n) is 4.48. The number of benzene rings is 1. The number of nitrogens with one attached hydrogen (secondary N) is 1. The first kappa shape index (κ1) is 15.8. The maximum Gasteiger partial charge on any atom is 0.0595 e. The minimum atomic E-state index is 0.338. The van der Waals surface area contributed by atoms with Gasteiger partial charge in [-0.1, -0.05) is 43.1 Å². The largest absolute Gasteiger partial charge is 0.309 e. The van der Waals surface area contributed by atoms with Gasteiger partial charge in [0.05, 0.1) is 10.0 Å². The van der Waals surface area contributed by atoms with E-state index in [1.165, 1.54) is 5.56 Å². The Bertz CT molecular complexity index is 369. The zero-order valence-corrected chi connectivity index (χ0v) is 12.9. The molecule has 1 unspecified atom stereocenters. The van der Waals surface area contributed by atoms with Crippen molar-refractivity contribution in [2.24, 2.45) is 0 Å². The van der Waals surface area contributed by atoms with Crippen molar-refractivity contribution >= 4 is 23.2 Å². The fourth-order valence-electron chi connectivity index (χ4n) is 1.81. The summed E-state index contributed by atoms with van der Waals surface area (Å²) >= 11 is 12.0. The molecule has 18 heavy (non-hydrogen) atoms. The van der Waals surface area contributed by atoms with Crippen molar-refractivity contribution in [2.75, 3.05) is 26.7 Å². The highest BCUT2D eigenvalue weighted by molar-refractivity contribution is 6.42. The van der Waals surface area contributed by atoms with Gasteiger partial charge < -0.3 is 10.2 Å². The van der Waals surface area contributed by atoms with Crippen LogP contribution in [0, 0.1) is 0 Å². The van der Waals surface area contributed by atoms with Gasteiger partial charge in [0.2, 0.25) is 0 Å². The molecular formula is C14H22Cl2N2. The van der Waals surface area contributed by atoms with Crippen LogP contribution in [0.4, 0.5) is 0 Å². The molecule has 0 bridgehead atoms. The number of likely N-dealkylation sites (N-methyl/N-ethyl adjacent to an activating group) is 1. The third kappa shape index (κ3) is 4.77. The smallest absolute Gasteiger partial charge is 0.0595 e. The summed E-state index contributed by atoms with van der Waals surface area (Å²) in [7, 11) is 2.13. The van der Waals surface area contributed by atoms with E-state index in [0.29, 0.717) is 16.1 Å². The van der Waals surface area contributed by atoms with Crippen molar-refractivity contribution < 1.29 is 0 Å². The van der Waals surface area contributed by atoms with Crippen LogP contribution < -0.4 is 5.32 Å². The molecule has 0 heterocycles. The molecule has 0 aromatic heterocycles. The number of hydrogen-bond acceptors (Lipinski definition) is 2. The van der Waals surface area contributed by atoms with Crippen molar-refractivity contribution in [1.82, 2.24) is 10.2 Å². The van der Waals surface area contributed by atoms with Crippen LogP contribution in [0.2, 0.25) is 10.0 Å². The monoisotopic (exact) mass is 288 g/mol. The zero-order valence-electron chi connectivity index (χ0n) is 11.3. The summed E-state index contributed by atoms with van der Waals surface area (Å²) < 4.78 is 0. The number of halogens is 2. The third-order valence-corrected chi connectivity index (χ3v) is 3.92. The van der Waals surface area contributed by atoms with Crippen LogP contribution in [0.3, 0.4) is 0 Å². The molecular weight excluding hydrogens is 267 g/mol. The first-order valence-electron chi connectivity index (χ1n) is 6.45. The molecule has 2 nitrogen and oxygen atoms in total. The molecule has 0 saturated carbocycles. The van der Waals surface area contributed by atoms with Crippen LogP contribution in [0.1, 0.15) is 31.9 Å². The molecule has 1 aromatic rings. The summed E-state index contributed by atoms with van der Waals surface area (Å²) in [5, 5.41) is 4.79. The molecule has 1 atom stereocenters. The fraction of sp³-hybridized carbons (Fsp3) is 0.571. The Kier molecular flexibility index (Phi) is 7.02. The first-order valence-corrected chi connectivity index (χ1v) is 7.20. The second kappa shape index (κ2) is 8.00. The molecule has 1 aromatic carbocycles. The van der Waals surface area contributed by atoms with E-state index in [-0.39, 0.29) is 0 Å². The van der Waals surface area contributed by atoms with Crippen LogP contribution in [-0.4, -0.2) is 31.6 Å². The molecule has 4 heteroatoms. The number of rotatable bonds is 7. The van der Waals surface area contributed by atoms with E-state index >= 15 is 0 Å². The highest BCUT2D eigenvalue weighted by atomic mass is 35.5. The number of hydrogen-bond donors (Lipinski definition) is 1. The topological polar surface area (TPSA) is 15.3 Å². The molecule has 0 aliphatic rings. The Labute approximate surface area is 120 Å². The Morgan fingerprint density at radius 3 is 2.50 bits per heavy atom. The van der Waals surface area contributed by atoms with Crippen molar-refractivity contribution in [2.45, 2.75) is 26.3 Å². The standard InChI is InChI=1S/C14H22Cl2N2/c1-4-14(17-8-9-18(3)5-2)11-6-7-12(15)13(16)10-11/h6-7,10,14,17H,4-5,8-9H2,1-3H3. The lowest BCUT2D eigenvalue weighted by Crippen LogP contribution is -2.31. The van der Waals surface area contributed by atoms with Crippen molar-refractivity contribution in [1.29, 1.82) is 0 Å². The minimum absolute atomic E-state index is 0.338. The van der Waals surface area contributed by atoms with E-state index in [1.807, 2.05) is 18.2 Å². The van der Waals surface area contributed by atoms with E-state index in [2.05, 4.69) is 31.1 Å². The van der Waals surface area contributed by atoms with Crippen molar-refractivity contribution in [3.05, 3.63) is 33.8 Å². The van der Waals surface area contributed by atoms with Crippen LogP contribution in [0.25, 0.3) is 0 Å². The van der Waals surface area contributed by atoms with Crippen LogP contribution >= 0.6 is 23.2 Å². The normalized spacial score (nSPS) is 13.0. The van der Waals surface area contributed by atoms with Gasteiger partial charge in [-0.3, -0.25) is 0 Å². The quantitative estimate of drug-likeness (QED) is 0.816. The highest BCUT2D eigenvalue weighted by Crippen LogP contribution is 2.26. The van der Waals surface area contributed by atoms with Gasteiger partial charge in [-0.25, -0.2) is 0 Å². The zero-order chi connectivity index (χ0) is 13.5. The molecule has 0 radical (unpaired) electrons.